The lowest BCUT2D eigenvalue weighted by Gasteiger charge is -1.94. The predicted molar refractivity (Wildman–Crippen MR) is 58.0 cm³/mol. The summed E-state index contributed by atoms with van der Waals surface area (Å²) in [6.45, 7) is 0. The summed E-state index contributed by atoms with van der Waals surface area (Å²) in [5.41, 5.74) is 3.15. The van der Waals surface area contributed by atoms with E-state index >= 15 is 0 Å². The van der Waals surface area contributed by atoms with E-state index in [0.717, 1.165) is 5.56 Å². The molecule has 0 aromatic carbocycles. The summed E-state index contributed by atoms with van der Waals surface area (Å²) in [6.07, 6.45) is 6.24. The second-order valence-corrected chi connectivity index (χ2v) is 2.96. The van der Waals surface area contributed by atoms with Crippen LogP contribution in [0.5, 0.6) is 0 Å². The highest BCUT2D eigenvalue weighted by molar-refractivity contribution is 5.92. The predicted octanol–water partition coefficient (Wildman–Crippen LogP) is 1.44. The van der Waals surface area contributed by atoms with E-state index in [1.807, 2.05) is 6.07 Å². The smallest absolute Gasteiger partial charge is 0.307 e. The van der Waals surface area contributed by atoms with Gasteiger partial charge in [-0.1, -0.05) is 6.07 Å². The molecule has 5 heteroatoms. The van der Waals surface area contributed by atoms with Crippen molar-refractivity contribution in [2.45, 2.75) is 0 Å². The van der Waals surface area contributed by atoms with Crippen LogP contribution in [-0.2, 0) is 0 Å². The molecule has 0 aliphatic heterocycles. The first kappa shape index (κ1) is 10.1. The Kier molecular flexibility index (Phi) is 3.08. The minimum atomic E-state index is -0.384. The topological polar surface area (TPSA) is 67.5 Å². The van der Waals surface area contributed by atoms with Crippen molar-refractivity contribution in [3.63, 3.8) is 0 Å². The summed E-state index contributed by atoms with van der Waals surface area (Å²) < 4.78 is 4.90. The highest BCUT2D eigenvalue weighted by Crippen LogP contribution is 1.98. The van der Waals surface area contributed by atoms with E-state index in [2.05, 4.69) is 15.5 Å². The highest BCUT2D eigenvalue weighted by Gasteiger charge is 2.05. The Bertz CT molecular complexity index is 477. The van der Waals surface area contributed by atoms with E-state index in [1.165, 1.54) is 12.5 Å². The second-order valence-electron chi connectivity index (χ2n) is 2.96. The van der Waals surface area contributed by atoms with Gasteiger partial charge in [-0.05, 0) is 18.2 Å². The highest BCUT2D eigenvalue weighted by atomic mass is 16.3. The van der Waals surface area contributed by atoms with E-state index in [9.17, 15) is 4.79 Å². The molecule has 0 spiro atoms. The molecule has 0 bridgehead atoms. The molecule has 0 radical (unpaired) electrons. The molecule has 80 valence electrons. The number of hydrogen-bond donors (Lipinski definition) is 1. The lowest BCUT2D eigenvalue weighted by atomic mass is 10.3. The SMILES string of the molecule is O=C(N/N=C\c1cccnc1)c1ccco1. The fourth-order valence-corrected chi connectivity index (χ4v) is 1.08. The fourth-order valence-electron chi connectivity index (χ4n) is 1.08. The van der Waals surface area contributed by atoms with Crippen LogP contribution in [0.1, 0.15) is 16.1 Å². The number of aromatic nitrogens is 1. The molecular formula is C11H9N3O2. The monoisotopic (exact) mass is 215 g/mol. The molecule has 0 fully saturated rings. The van der Waals surface area contributed by atoms with E-state index in [-0.39, 0.29) is 11.7 Å². The molecule has 2 aromatic rings. The Morgan fingerprint density at radius 3 is 3.06 bits per heavy atom. The Morgan fingerprint density at radius 2 is 2.38 bits per heavy atom. The van der Waals surface area contributed by atoms with Gasteiger partial charge in [0.25, 0.3) is 0 Å². The number of rotatable bonds is 3. The summed E-state index contributed by atoms with van der Waals surface area (Å²) in [6, 6.07) is 6.82. The molecule has 2 rings (SSSR count). The van der Waals surface area contributed by atoms with Crippen LogP contribution in [0, 0.1) is 0 Å². The quantitative estimate of drug-likeness (QED) is 0.622. The van der Waals surface area contributed by atoms with Crippen molar-refractivity contribution in [2.24, 2.45) is 5.10 Å². The number of nitrogens with one attached hydrogen (secondary N) is 1. The van der Waals surface area contributed by atoms with Crippen LogP contribution in [-0.4, -0.2) is 17.1 Å². The lowest BCUT2D eigenvalue weighted by molar-refractivity contribution is 0.0927. The zero-order valence-electron chi connectivity index (χ0n) is 8.33. The van der Waals surface area contributed by atoms with E-state index in [4.69, 9.17) is 4.42 Å². The van der Waals surface area contributed by atoms with Crippen LogP contribution < -0.4 is 5.43 Å². The van der Waals surface area contributed by atoms with Crippen molar-refractivity contribution in [1.82, 2.24) is 10.4 Å². The molecule has 0 unspecified atom stereocenters. The molecule has 5 nitrogen and oxygen atoms in total. The van der Waals surface area contributed by atoms with Crippen LogP contribution in [0.15, 0.2) is 52.4 Å². The van der Waals surface area contributed by atoms with Gasteiger partial charge in [0.15, 0.2) is 5.76 Å². The van der Waals surface area contributed by atoms with Crippen molar-refractivity contribution in [1.29, 1.82) is 0 Å². The largest absolute Gasteiger partial charge is 0.459 e. The van der Waals surface area contributed by atoms with Gasteiger partial charge in [0.05, 0.1) is 12.5 Å². The maximum absolute atomic E-state index is 11.4. The molecule has 0 saturated heterocycles. The first-order valence-electron chi connectivity index (χ1n) is 4.63. The van der Waals surface area contributed by atoms with Crippen molar-refractivity contribution >= 4 is 12.1 Å². The molecular weight excluding hydrogens is 206 g/mol. The molecule has 0 saturated carbocycles. The van der Waals surface area contributed by atoms with Crippen LogP contribution in [0.4, 0.5) is 0 Å². The Hall–Kier alpha value is -2.43. The van der Waals surface area contributed by atoms with E-state index in [0.29, 0.717) is 0 Å². The van der Waals surface area contributed by atoms with E-state index < -0.39 is 0 Å². The second kappa shape index (κ2) is 4.88. The molecule has 2 heterocycles. The number of carbonyl (C=O) groups excluding carboxylic acids is 1. The van der Waals surface area contributed by atoms with Crippen molar-refractivity contribution in [2.75, 3.05) is 0 Å². The molecule has 0 atom stereocenters. The number of carbonyl (C=O) groups is 1. The van der Waals surface area contributed by atoms with Crippen LogP contribution >= 0.6 is 0 Å². The number of nitrogens with zero attached hydrogens (tertiary/aromatic N) is 2. The van der Waals surface area contributed by atoms with Gasteiger partial charge >= 0.3 is 5.91 Å². The summed E-state index contributed by atoms with van der Waals surface area (Å²) in [5.74, 6) is -0.159. The third-order valence-electron chi connectivity index (χ3n) is 1.81. The van der Waals surface area contributed by atoms with Gasteiger partial charge in [-0.15, -0.1) is 0 Å². The Morgan fingerprint density at radius 1 is 1.44 bits per heavy atom. The number of hydrogen-bond acceptors (Lipinski definition) is 4. The van der Waals surface area contributed by atoms with Gasteiger partial charge in [-0.3, -0.25) is 9.78 Å². The number of amides is 1. The Balaban J connectivity index is 1.93. The number of pyridine rings is 1. The third kappa shape index (κ3) is 2.54. The Labute approximate surface area is 91.8 Å². The summed E-state index contributed by atoms with van der Waals surface area (Å²) >= 11 is 0. The van der Waals surface area contributed by atoms with Crippen molar-refractivity contribution < 1.29 is 9.21 Å². The zero-order valence-corrected chi connectivity index (χ0v) is 8.33. The lowest BCUT2D eigenvalue weighted by Crippen LogP contribution is -2.16. The summed E-state index contributed by atoms with van der Waals surface area (Å²) in [7, 11) is 0. The first-order chi connectivity index (χ1) is 7.86. The molecule has 2 aromatic heterocycles. The fraction of sp³-hybridized carbons (Fsp3) is 0. The average molecular weight is 215 g/mol. The standard InChI is InChI=1S/C11H9N3O2/c15-11(10-4-2-6-16-10)14-13-8-9-3-1-5-12-7-9/h1-8H,(H,14,15)/b13-8-. The molecule has 16 heavy (non-hydrogen) atoms. The van der Waals surface area contributed by atoms with Gasteiger partial charge in [-0.25, -0.2) is 5.43 Å². The number of furan rings is 1. The van der Waals surface area contributed by atoms with Gasteiger partial charge in [0, 0.05) is 18.0 Å². The average Bonchev–Trinajstić information content (AvgIpc) is 2.84. The normalized spacial score (nSPS) is 10.5. The van der Waals surface area contributed by atoms with Crippen LogP contribution in [0.25, 0.3) is 0 Å². The summed E-state index contributed by atoms with van der Waals surface area (Å²) in [4.78, 5) is 15.3. The molecule has 0 aliphatic carbocycles. The maximum atomic E-state index is 11.4. The van der Waals surface area contributed by atoms with Gasteiger partial charge < -0.3 is 4.42 Å². The van der Waals surface area contributed by atoms with Crippen LogP contribution in [0.2, 0.25) is 0 Å². The minimum Gasteiger partial charge on any atom is -0.459 e. The molecule has 1 N–H and O–H groups in total. The van der Waals surface area contributed by atoms with Gasteiger partial charge in [-0.2, -0.15) is 5.10 Å². The minimum absolute atomic E-state index is 0.225. The zero-order chi connectivity index (χ0) is 11.2. The van der Waals surface area contributed by atoms with Gasteiger partial charge in [0.2, 0.25) is 0 Å². The van der Waals surface area contributed by atoms with Crippen LogP contribution in [0.3, 0.4) is 0 Å². The van der Waals surface area contributed by atoms with Crippen molar-refractivity contribution in [3.05, 3.63) is 54.2 Å². The van der Waals surface area contributed by atoms with E-state index in [1.54, 1.807) is 30.6 Å². The third-order valence-corrected chi connectivity index (χ3v) is 1.81. The number of hydrazone groups is 1. The summed E-state index contributed by atoms with van der Waals surface area (Å²) in [5, 5.41) is 3.77. The molecule has 0 aliphatic rings. The molecule has 1 amide bonds. The van der Waals surface area contributed by atoms with Gasteiger partial charge in [0.1, 0.15) is 0 Å². The maximum Gasteiger partial charge on any atom is 0.307 e. The first-order valence-corrected chi connectivity index (χ1v) is 4.63. The van der Waals surface area contributed by atoms with Crippen molar-refractivity contribution in [3.8, 4) is 0 Å².